The molecule has 1 amide bonds. The van der Waals surface area contributed by atoms with E-state index in [1.165, 1.54) is 13.0 Å². The van der Waals surface area contributed by atoms with Gasteiger partial charge in [0.1, 0.15) is 5.82 Å². The molecule has 148 valence electrons. The first-order valence-electron chi connectivity index (χ1n) is 9.77. The Bertz CT molecular complexity index is 1140. The highest BCUT2D eigenvalue weighted by Gasteiger charge is 2.18. The highest BCUT2D eigenvalue weighted by Crippen LogP contribution is 2.28. The Morgan fingerprint density at radius 1 is 1.14 bits per heavy atom. The summed E-state index contributed by atoms with van der Waals surface area (Å²) in [5.41, 5.74) is 5.32. The lowest BCUT2D eigenvalue weighted by atomic mass is 9.90. The molecule has 0 fully saturated rings. The van der Waals surface area contributed by atoms with Crippen LogP contribution in [0.1, 0.15) is 42.1 Å². The fourth-order valence-electron chi connectivity index (χ4n) is 3.94. The van der Waals surface area contributed by atoms with Crippen molar-refractivity contribution in [1.82, 2.24) is 10.2 Å². The second-order valence-electron chi connectivity index (χ2n) is 7.42. The molecular formula is C23H22FN3O2. The maximum absolute atomic E-state index is 14.6. The molecule has 0 saturated heterocycles. The van der Waals surface area contributed by atoms with Gasteiger partial charge in [-0.05, 0) is 66.6 Å². The van der Waals surface area contributed by atoms with Crippen LogP contribution >= 0.6 is 0 Å². The Morgan fingerprint density at radius 2 is 1.93 bits per heavy atom. The van der Waals surface area contributed by atoms with E-state index < -0.39 is 0 Å². The lowest BCUT2D eigenvalue weighted by Gasteiger charge is -2.17. The van der Waals surface area contributed by atoms with Crippen molar-refractivity contribution in [2.75, 3.05) is 5.32 Å². The van der Waals surface area contributed by atoms with Gasteiger partial charge in [-0.3, -0.25) is 9.59 Å². The number of rotatable bonds is 4. The number of carbonyl (C=O) groups is 1. The normalized spacial score (nSPS) is 13.0. The average Bonchev–Trinajstić information content (AvgIpc) is 2.71. The summed E-state index contributed by atoms with van der Waals surface area (Å²) in [5, 5.41) is 9.61. The Hall–Kier alpha value is -3.28. The van der Waals surface area contributed by atoms with Crippen LogP contribution in [-0.2, 0) is 24.1 Å². The molecule has 0 unspecified atom stereocenters. The predicted molar refractivity (Wildman–Crippen MR) is 110 cm³/mol. The molecule has 1 aliphatic carbocycles. The lowest BCUT2D eigenvalue weighted by Crippen LogP contribution is -2.23. The summed E-state index contributed by atoms with van der Waals surface area (Å²) in [7, 11) is 0. The molecule has 0 saturated carbocycles. The number of aromatic amines is 1. The summed E-state index contributed by atoms with van der Waals surface area (Å²) < 4.78 is 14.6. The largest absolute Gasteiger partial charge is 0.326 e. The lowest BCUT2D eigenvalue weighted by molar-refractivity contribution is -0.114. The van der Waals surface area contributed by atoms with Gasteiger partial charge in [0.25, 0.3) is 5.56 Å². The van der Waals surface area contributed by atoms with Crippen molar-refractivity contribution in [1.29, 1.82) is 0 Å². The Morgan fingerprint density at radius 3 is 2.72 bits per heavy atom. The van der Waals surface area contributed by atoms with E-state index >= 15 is 0 Å². The molecule has 1 heterocycles. The van der Waals surface area contributed by atoms with Gasteiger partial charge in [-0.2, -0.15) is 5.10 Å². The number of nitrogens with zero attached hydrogens (tertiary/aromatic N) is 1. The highest BCUT2D eigenvalue weighted by molar-refractivity contribution is 5.89. The summed E-state index contributed by atoms with van der Waals surface area (Å²) in [6.07, 6.45) is 4.23. The van der Waals surface area contributed by atoms with E-state index in [1.54, 1.807) is 24.3 Å². The number of anilines is 1. The summed E-state index contributed by atoms with van der Waals surface area (Å²) in [6, 6.07) is 12.1. The first kappa shape index (κ1) is 19.1. The smallest absolute Gasteiger partial charge is 0.267 e. The van der Waals surface area contributed by atoms with E-state index in [2.05, 4.69) is 15.5 Å². The molecule has 0 atom stereocenters. The van der Waals surface area contributed by atoms with E-state index in [1.807, 2.05) is 12.1 Å². The number of hydrogen-bond donors (Lipinski definition) is 2. The van der Waals surface area contributed by atoms with Gasteiger partial charge in [-0.25, -0.2) is 9.49 Å². The number of aromatic nitrogens is 2. The number of carbonyl (C=O) groups excluding carboxylic acids is 1. The first-order valence-corrected chi connectivity index (χ1v) is 9.77. The molecule has 29 heavy (non-hydrogen) atoms. The molecule has 1 aromatic heterocycles. The van der Waals surface area contributed by atoms with Crippen LogP contribution < -0.4 is 10.9 Å². The van der Waals surface area contributed by atoms with E-state index in [-0.39, 0.29) is 17.3 Å². The van der Waals surface area contributed by atoms with Crippen molar-refractivity contribution in [3.05, 3.63) is 81.0 Å². The summed E-state index contributed by atoms with van der Waals surface area (Å²) in [5.74, 6) is -0.504. The van der Waals surface area contributed by atoms with Gasteiger partial charge >= 0.3 is 0 Å². The summed E-state index contributed by atoms with van der Waals surface area (Å²) in [4.78, 5) is 23.4. The van der Waals surface area contributed by atoms with Crippen LogP contribution in [0.4, 0.5) is 10.1 Å². The fraction of sp³-hybridized carbons (Fsp3) is 0.261. The molecule has 0 spiro atoms. The third-order valence-corrected chi connectivity index (χ3v) is 5.28. The third-order valence-electron chi connectivity index (χ3n) is 5.28. The van der Waals surface area contributed by atoms with Crippen LogP contribution in [0.5, 0.6) is 0 Å². The number of amides is 1. The Balaban J connectivity index is 1.68. The Labute approximate surface area is 168 Å². The zero-order valence-electron chi connectivity index (χ0n) is 16.2. The van der Waals surface area contributed by atoms with Gasteiger partial charge in [-0.15, -0.1) is 0 Å². The summed E-state index contributed by atoms with van der Waals surface area (Å²) in [6.45, 7) is 1.44. The molecule has 0 aliphatic heterocycles. The van der Waals surface area contributed by atoms with E-state index in [9.17, 15) is 14.0 Å². The van der Waals surface area contributed by atoms with E-state index in [4.69, 9.17) is 0 Å². The zero-order chi connectivity index (χ0) is 20.4. The minimum Gasteiger partial charge on any atom is -0.326 e. The maximum Gasteiger partial charge on any atom is 0.267 e. The molecule has 3 aromatic rings. The van der Waals surface area contributed by atoms with Crippen molar-refractivity contribution >= 4 is 11.6 Å². The predicted octanol–water partition coefficient (Wildman–Crippen LogP) is 4.00. The second-order valence-corrected chi connectivity index (χ2v) is 7.42. The van der Waals surface area contributed by atoms with Crippen LogP contribution in [0.25, 0.3) is 11.1 Å². The highest BCUT2D eigenvalue weighted by atomic mass is 19.1. The number of fused-ring (bicyclic) bond motifs is 1. The van der Waals surface area contributed by atoms with Gasteiger partial charge in [-0.1, -0.05) is 18.2 Å². The van der Waals surface area contributed by atoms with Crippen LogP contribution in [0, 0.1) is 5.82 Å². The molecule has 4 rings (SSSR count). The monoisotopic (exact) mass is 391 g/mol. The fourth-order valence-corrected chi connectivity index (χ4v) is 3.94. The van der Waals surface area contributed by atoms with E-state index in [0.717, 1.165) is 48.1 Å². The molecule has 1 aliphatic rings. The molecule has 2 N–H and O–H groups in total. The summed E-state index contributed by atoms with van der Waals surface area (Å²) >= 11 is 0. The van der Waals surface area contributed by atoms with Gasteiger partial charge in [0, 0.05) is 30.2 Å². The number of hydrogen-bond acceptors (Lipinski definition) is 3. The second kappa shape index (κ2) is 7.99. The van der Waals surface area contributed by atoms with Crippen molar-refractivity contribution in [2.45, 2.75) is 39.0 Å². The van der Waals surface area contributed by atoms with Crippen LogP contribution in [0.3, 0.4) is 0 Å². The SMILES string of the molecule is CC(=O)Nc1cccc(-c2cc(Cc3n[nH]c(=O)c4c3CCCC4)ccc2F)c1. The van der Waals surface area contributed by atoms with E-state index in [0.29, 0.717) is 23.2 Å². The van der Waals surface area contributed by atoms with Crippen molar-refractivity contribution in [2.24, 2.45) is 0 Å². The number of benzene rings is 2. The van der Waals surface area contributed by atoms with Crippen LogP contribution in [0.15, 0.2) is 47.3 Å². The zero-order valence-corrected chi connectivity index (χ0v) is 16.2. The topological polar surface area (TPSA) is 74.8 Å². The first-order chi connectivity index (χ1) is 14.0. The van der Waals surface area contributed by atoms with Crippen LogP contribution in [0.2, 0.25) is 0 Å². The van der Waals surface area contributed by atoms with Crippen molar-refractivity contribution in [3.63, 3.8) is 0 Å². The molecular weight excluding hydrogens is 369 g/mol. The molecule has 6 heteroatoms. The van der Waals surface area contributed by atoms with Gasteiger partial charge in [0.2, 0.25) is 5.91 Å². The van der Waals surface area contributed by atoms with Gasteiger partial charge in [0.05, 0.1) is 5.69 Å². The van der Waals surface area contributed by atoms with Crippen LogP contribution in [-0.4, -0.2) is 16.1 Å². The average molecular weight is 391 g/mol. The minimum absolute atomic E-state index is 0.0990. The number of H-pyrrole nitrogens is 1. The molecule has 0 bridgehead atoms. The Kier molecular flexibility index (Phi) is 5.25. The molecule has 0 radical (unpaired) electrons. The number of halogens is 1. The standard InChI is InChI=1S/C23H22FN3O2/c1-14(28)25-17-6-4-5-16(13-17)20-11-15(9-10-21(20)24)12-22-18-7-2-3-8-19(18)23(29)27-26-22/h4-6,9-11,13H,2-3,7-8,12H2,1H3,(H,25,28)(H,27,29). The number of nitrogens with one attached hydrogen (secondary N) is 2. The van der Waals surface area contributed by atoms with Gasteiger partial charge < -0.3 is 5.32 Å². The maximum atomic E-state index is 14.6. The quantitative estimate of drug-likeness (QED) is 0.706. The minimum atomic E-state index is -0.329. The molecule has 5 nitrogen and oxygen atoms in total. The van der Waals surface area contributed by atoms with Gasteiger partial charge in [0.15, 0.2) is 0 Å². The third kappa shape index (κ3) is 4.11. The van der Waals surface area contributed by atoms with Crippen molar-refractivity contribution < 1.29 is 9.18 Å². The molecule has 2 aromatic carbocycles. The van der Waals surface area contributed by atoms with Crippen molar-refractivity contribution in [3.8, 4) is 11.1 Å².